The van der Waals surface area contributed by atoms with Crippen LogP contribution in [-0.4, -0.2) is 27.9 Å². The van der Waals surface area contributed by atoms with Crippen molar-refractivity contribution in [3.63, 3.8) is 0 Å². The van der Waals surface area contributed by atoms with Crippen LogP contribution in [0, 0.1) is 12.7 Å². The zero-order valence-corrected chi connectivity index (χ0v) is 22.3. The molecule has 1 aliphatic rings. The molecule has 0 saturated heterocycles. The Morgan fingerprint density at radius 2 is 1.70 bits per heavy atom. The molecule has 2 heterocycles. The molecule has 4 aromatic rings. The van der Waals surface area contributed by atoms with E-state index >= 15 is 0 Å². The second kappa shape index (κ2) is 11.5. The number of halogens is 1. The molecule has 5 rings (SSSR count). The Hall–Kier alpha value is -3.80. The minimum absolute atomic E-state index is 0.00161. The lowest BCUT2D eigenvalue weighted by atomic mass is 9.75. The van der Waals surface area contributed by atoms with Crippen molar-refractivity contribution in [2.75, 3.05) is 6.61 Å². The number of carboxylic acid groups (broad SMARTS) is 1. The number of aromatic nitrogens is 1. The summed E-state index contributed by atoms with van der Waals surface area (Å²) in [5.74, 6) is -0.137. The van der Waals surface area contributed by atoms with Gasteiger partial charge in [-0.05, 0) is 62.6 Å². The summed E-state index contributed by atoms with van der Waals surface area (Å²) < 4.78 is 23.1. The van der Waals surface area contributed by atoms with E-state index in [1.807, 2.05) is 39.0 Å². The van der Waals surface area contributed by atoms with Gasteiger partial charge in [0.15, 0.2) is 11.6 Å². The molecule has 0 aliphatic carbocycles. The summed E-state index contributed by atoms with van der Waals surface area (Å²) in [4.78, 5) is 8.36. The maximum atomic E-state index is 14.4. The second-order valence-electron chi connectivity index (χ2n) is 9.85. The lowest BCUT2D eigenvalue weighted by Crippen LogP contribution is -2.26. The number of hydrogen-bond donors (Lipinski definition) is 2. The number of para-hydroxylation sites is 2. The van der Waals surface area contributed by atoms with Gasteiger partial charge in [0.1, 0.15) is 5.75 Å². The number of fused-ring (bicyclic) bond motifs is 2. The van der Waals surface area contributed by atoms with Gasteiger partial charge in [0.2, 0.25) is 0 Å². The first-order valence-electron chi connectivity index (χ1n) is 12.6. The quantitative estimate of drug-likeness (QED) is 0.275. The Labute approximate surface area is 218 Å². The molecule has 37 heavy (non-hydrogen) atoms. The van der Waals surface area contributed by atoms with Gasteiger partial charge in [0, 0.05) is 40.0 Å². The van der Waals surface area contributed by atoms with E-state index in [9.17, 15) is 9.50 Å². The normalized spacial score (nSPS) is 16.4. The molecule has 2 unspecified atom stereocenters. The molecule has 1 aromatic heterocycles. The molecule has 0 spiro atoms. The summed E-state index contributed by atoms with van der Waals surface area (Å²) >= 11 is 0. The molecule has 0 fully saturated rings. The van der Waals surface area contributed by atoms with E-state index in [1.54, 1.807) is 0 Å². The first-order valence-corrected chi connectivity index (χ1v) is 12.6. The van der Waals surface area contributed by atoms with Gasteiger partial charge in [-0.15, -0.1) is 0 Å². The third kappa shape index (κ3) is 5.48. The highest BCUT2D eigenvalue weighted by Crippen LogP contribution is 2.49. The largest absolute Gasteiger partial charge is 0.505 e. The van der Waals surface area contributed by atoms with Gasteiger partial charge in [-0.25, -0.2) is 4.39 Å². The van der Waals surface area contributed by atoms with E-state index in [0.717, 1.165) is 22.4 Å². The van der Waals surface area contributed by atoms with Gasteiger partial charge >= 0.3 is 0 Å². The van der Waals surface area contributed by atoms with Gasteiger partial charge in [0.25, 0.3) is 6.47 Å². The van der Waals surface area contributed by atoms with Crippen LogP contribution in [0.3, 0.4) is 0 Å². The number of aromatic hydroxyl groups is 1. The number of carbonyl (C=O) groups is 1. The van der Waals surface area contributed by atoms with Gasteiger partial charge < -0.3 is 19.5 Å². The topological polar surface area (TPSA) is 71.7 Å². The van der Waals surface area contributed by atoms with Crippen LogP contribution in [0.5, 0.6) is 11.5 Å². The molecular formula is C31H36FNO4. The van der Waals surface area contributed by atoms with Crippen molar-refractivity contribution in [1.82, 2.24) is 4.57 Å². The van der Waals surface area contributed by atoms with E-state index in [-0.39, 0.29) is 29.6 Å². The molecule has 5 nitrogen and oxygen atoms in total. The van der Waals surface area contributed by atoms with Crippen molar-refractivity contribution in [2.24, 2.45) is 0 Å². The number of ether oxygens (including phenoxy) is 1. The molecule has 0 bridgehead atoms. The Balaban J connectivity index is 0.000000711. The van der Waals surface area contributed by atoms with Crippen LogP contribution in [-0.2, 0) is 10.3 Å². The Bertz CT molecular complexity index is 1370. The van der Waals surface area contributed by atoms with E-state index in [1.165, 1.54) is 28.6 Å². The van der Waals surface area contributed by atoms with Gasteiger partial charge in [-0.1, -0.05) is 56.3 Å². The maximum Gasteiger partial charge on any atom is 0.290 e. The summed E-state index contributed by atoms with van der Waals surface area (Å²) in [7, 11) is 0. The zero-order valence-electron chi connectivity index (χ0n) is 22.3. The second-order valence-corrected chi connectivity index (χ2v) is 9.85. The predicted octanol–water partition coefficient (Wildman–Crippen LogP) is 7.58. The van der Waals surface area contributed by atoms with Crippen LogP contribution in [0.1, 0.15) is 68.7 Å². The summed E-state index contributed by atoms with van der Waals surface area (Å²) in [5.41, 5.74) is 5.26. The number of aryl methyl sites for hydroxylation is 1. The van der Waals surface area contributed by atoms with E-state index < -0.39 is 5.82 Å². The smallest absolute Gasteiger partial charge is 0.290 e. The number of rotatable bonds is 2. The number of phenols is 1. The number of phenolic OH excluding ortho intramolecular Hbond substituents is 1. The fourth-order valence-electron chi connectivity index (χ4n) is 5.06. The van der Waals surface area contributed by atoms with Gasteiger partial charge in [-0.2, -0.15) is 0 Å². The van der Waals surface area contributed by atoms with E-state index in [2.05, 4.69) is 61.9 Å². The molecular weight excluding hydrogens is 469 g/mol. The summed E-state index contributed by atoms with van der Waals surface area (Å²) in [6, 6.07) is 19.3. The van der Waals surface area contributed by atoms with Crippen molar-refractivity contribution >= 4 is 17.4 Å². The van der Waals surface area contributed by atoms with Crippen molar-refractivity contribution in [3.05, 3.63) is 94.9 Å². The third-order valence-electron chi connectivity index (χ3n) is 6.58. The zero-order chi connectivity index (χ0) is 27.3. The fraction of sp³-hybridized carbons (Fsp3) is 0.323. The van der Waals surface area contributed by atoms with Gasteiger partial charge in [-0.3, -0.25) is 4.79 Å². The summed E-state index contributed by atoms with van der Waals surface area (Å²) in [6.45, 7) is 12.9. The minimum atomic E-state index is -0.598. The molecule has 3 aromatic carbocycles. The molecule has 196 valence electrons. The van der Waals surface area contributed by atoms with Crippen LogP contribution in [0.2, 0.25) is 0 Å². The highest BCUT2D eigenvalue weighted by atomic mass is 19.1. The Morgan fingerprint density at radius 3 is 2.35 bits per heavy atom. The SMILES string of the molecule is CC.Cc1cccc2c1OCC(c1cn(C(C)(C)C)c3ccccc13)C2c1ccc(O)c(F)c1.O=CO. The number of nitrogens with zero attached hydrogens (tertiary/aromatic N) is 1. The van der Waals surface area contributed by atoms with Gasteiger partial charge in [0.05, 0.1) is 6.61 Å². The van der Waals surface area contributed by atoms with Crippen LogP contribution in [0.4, 0.5) is 4.39 Å². The molecule has 6 heteroatoms. The van der Waals surface area contributed by atoms with Crippen molar-refractivity contribution in [1.29, 1.82) is 0 Å². The van der Waals surface area contributed by atoms with Crippen LogP contribution in [0.15, 0.2) is 66.9 Å². The number of hydrogen-bond acceptors (Lipinski definition) is 3. The average Bonchev–Trinajstić information content (AvgIpc) is 3.27. The highest BCUT2D eigenvalue weighted by Gasteiger charge is 2.36. The lowest BCUT2D eigenvalue weighted by Gasteiger charge is -2.35. The molecule has 0 radical (unpaired) electrons. The standard InChI is InChI=1S/C28H28FNO2.C2H6.CH2O2/c1-17-8-7-10-20-26(18-12-13-25(31)23(29)14-18)22(16-32-27(17)20)21-15-30(28(2,3)4)24-11-6-5-9-19(21)24;1-2;2-1-3/h5-15,22,26,31H,16H2,1-4H3;1-2H3;1H,(H,2,3). The molecule has 2 N–H and O–H groups in total. The maximum absolute atomic E-state index is 14.4. The van der Waals surface area contributed by atoms with Crippen molar-refractivity contribution in [3.8, 4) is 11.5 Å². The van der Waals surface area contributed by atoms with Crippen LogP contribution in [0.25, 0.3) is 10.9 Å². The fourth-order valence-corrected chi connectivity index (χ4v) is 5.06. The Kier molecular flexibility index (Phi) is 8.64. The molecule has 1 aliphatic heterocycles. The highest BCUT2D eigenvalue weighted by molar-refractivity contribution is 5.85. The minimum Gasteiger partial charge on any atom is -0.505 e. The molecule has 0 amide bonds. The predicted molar refractivity (Wildman–Crippen MR) is 146 cm³/mol. The monoisotopic (exact) mass is 505 g/mol. The lowest BCUT2D eigenvalue weighted by molar-refractivity contribution is -0.122. The number of benzene rings is 3. The molecule has 2 atom stereocenters. The van der Waals surface area contributed by atoms with Crippen molar-refractivity contribution < 1.29 is 24.1 Å². The molecule has 0 saturated carbocycles. The summed E-state index contributed by atoms with van der Waals surface area (Å²) in [6.07, 6.45) is 2.24. The first kappa shape index (κ1) is 27.8. The van der Waals surface area contributed by atoms with Crippen LogP contribution < -0.4 is 4.74 Å². The van der Waals surface area contributed by atoms with E-state index in [4.69, 9.17) is 14.6 Å². The summed E-state index contributed by atoms with van der Waals surface area (Å²) in [5, 5.41) is 17.9. The first-order chi connectivity index (χ1) is 17.7. The third-order valence-corrected chi connectivity index (χ3v) is 6.58. The van der Waals surface area contributed by atoms with Crippen LogP contribution >= 0.6 is 0 Å². The Morgan fingerprint density at radius 1 is 1.03 bits per heavy atom. The average molecular weight is 506 g/mol. The van der Waals surface area contributed by atoms with Crippen molar-refractivity contribution in [2.45, 2.75) is 58.9 Å². The van der Waals surface area contributed by atoms with E-state index in [0.29, 0.717) is 6.61 Å².